The molecule has 1 aliphatic carbocycles. The molecule has 1 N–H and O–H groups in total. The zero-order chi connectivity index (χ0) is 14.4. The van der Waals surface area contributed by atoms with Crippen molar-refractivity contribution in [2.24, 2.45) is 5.92 Å². The molecule has 0 atom stereocenters. The zero-order valence-corrected chi connectivity index (χ0v) is 13.3. The lowest BCUT2D eigenvalue weighted by Crippen LogP contribution is -2.20. The lowest BCUT2D eigenvalue weighted by Gasteiger charge is -2.25. The number of hydrogen-bond donors (Lipinski definition) is 1. The normalized spacial score (nSPS) is 16.5. The molecule has 0 bridgehead atoms. The first-order valence-corrected chi connectivity index (χ1v) is 8.14. The summed E-state index contributed by atoms with van der Waals surface area (Å²) in [5.41, 5.74) is 4.31. The fourth-order valence-electron chi connectivity index (χ4n) is 2.66. The molecular weight excluding hydrogens is 242 g/mol. The predicted molar refractivity (Wildman–Crippen MR) is 89.0 cm³/mol. The molecule has 110 valence electrons. The van der Waals surface area contributed by atoms with Crippen LogP contribution in [0.2, 0.25) is 0 Å². The smallest absolute Gasteiger partial charge is 0.00139 e. The van der Waals surface area contributed by atoms with Crippen LogP contribution < -0.4 is 5.32 Å². The van der Waals surface area contributed by atoms with E-state index in [4.69, 9.17) is 0 Å². The quantitative estimate of drug-likeness (QED) is 0.689. The Hall–Kier alpha value is -1.08. The minimum absolute atomic E-state index is 0.735. The average molecular weight is 271 g/mol. The maximum absolute atomic E-state index is 3.49. The van der Waals surface area contributed by atoms with Gasteiger partial charge in [-0.05, 0) is 67.8 Å². The summed E-state index contributed by atoms with van der Waals surface area (Å²) in [6, 6.07) is 9.24. The second-order valence-electron chi connectivity index (χ2n) is 6.52. The van der Waals surface area contributed by atoms with Crippen molar-refractivity contribution in [2.45, 2.75) is 52.4 Å². The summed E-state index contributed by atoms with van der Waals surface area (Å²) in [5.74, 6) is 1.58. The monoisotopic (exact) mass is 271 g/mol. The minimum Gasteiger partial charge on any atom is -0.316 e. The second kappa shape index (κ2) is 7.64. The van der Waals surface area contributed by atoms with Crippen LogP contribution in [-0.4, -0.2) is 13.1 Å². The fraction of sp³-hybridized carbons (Fsp3) is 0.579. The molecule has 0 amide bonds. The van der Waals surface area contributed by atoms with Crippen LogP contribution in [0.25, 0.3) is 5.57 Å². The van der Waals surface area contributed by atoms with E-state index in [1.165, 1.54) is 36.0 Å². The van der Waals surface area contributed by atoms with Gasteiger partial charge in [-0.25, -0.2) is 0 Å². The van der Waals surface area contributed by atoms with Gasteiger partial charge in [0.05, 0.1) is 0 Å². The van der Waals surface area contributed by atoms with Gasteiger partial charge in [-0.3, -0.25) is 0 Å². The van der Waals surface area contributed by atoms with Crippen molar-refractivity contribution in [3.8, 4) is 0 Å². The van der Waals surface area contributed by atoms with Gasteiger partial charge in [-0.2, -0.15) is 0 Å². The third-order valence-corrected chi connectivity index (χ3v) is 4.27. The van der Waals surface area contributed by atoms with Gasteiger partial charge < -0.3 is 5.32 Å². The SMILES string of the molecule is C/C(=C/CCNCC(C)C)c1ccc(C2CCC2)cc1. The lowest BCUT2D eigenvalue weighted by atomic mass is 9.80. The number of allylic oxidation sites excluding steroid dienone is 1. The minimum atomic E-state index is 0.735. The first-order chi connectivity index (χ1) is 9.66. The Bertz CT molecular complexity index is 424. The van der Waals surface area contributed by atoms with E-state index in [0.29, 0.717) is 0 Å². The van der Waals surface area contributed by atoms with E-state index in [1.807, 2.05) is 0 Å². The second-order valence-corrected chi connectivity index (χ2v) is 6.52. The van der Waals surface area contributed by atoms with Gasteiger partial charge in [-0.1, -0.05) is 50.6 Å². The van der Waals surface area contributed by atoms with Crippen LogP contribution in [0.3, 0.4) is 0 Å². The Morgan fingerprint density at radius 3 is 2.50 bits per heavy atom. The van der Waals surface area contributed by atoms with Crippen LogP contribution in [0.5, 0.6) is 0 Å². The van der Waals surface area contributed by atoms with Crippen molar-refractivity contribution in [2.75, 3.05) is 13.1 Å². The van der Waals surface area contributed by atoms with Crippen LogP contribution in [0.1, 0.15) is 63.5 Å². The molecule has 1 saturated carbocycles. The van der Waals surface area contributed by atoms with E-state index in [0.717, 1.165) is 31.3 Å². The van der Waals surface area contributed by atoms with Crippen LogP contribution in [-0.2, 0) is 0 Å². The molecule has 0 unspecified atom stereocenters. The molecule has 1 aliphatic rings. The lowest BCUT2D eigenvalue weighted by molar-refractivity contribution is 0.420. The summed E-state index contributed by atoms with van der Waals surface area (Å²) < 4.78 is 0. The first kappa shape index (κ1) is 15.3. The summed E-state index contributed by atoms with van der Waals surface area (Å²) in [6.45, 7) is 8.91. The molecule has 0 aromatic heterocycles. The Labute approximate surface area is 124 Å². The van der Waals surface area contributed by atoms with E-state index >= 15 is 0 Å². The Morgan fingerprint density at radius 2 is 1.95 bits per heavy atom. The van der Waals surface area contributed by atoms with Gasteiger partial charge in [-0.15, -0.1) is 0 Å². The summed E-state index contributed by atoms with van der Waals surface area (Å²) >= 11 is 0. The third-order valence-electron chi connectivity index (χ3n) is 4.27. The highest BCUT2D eigenvalue weighted by Gasteiger charge is 2.18. The molecular formula is C19H29N. The third kappa shape index (κ3) is 4.49. The number of benzene rings is 1. The van der Waals surface area contributed by atoms with Crippen LogP contribution >= 0.6 is 0 Å². The maximum Gasteiger partial charge on any atom is -0.00139 e. The topological polar surface area (TPSA) is 12.0 Å². The van der Waals surface area contributed by atoms with Crippen molar-refractivity contribution in [1.29, 1.82) is 0 Å². The Kier molecular flexibility index (Phi) is 5.85. The molecule has 1 nitrogen and oxygen atoms in total. The largest absolute Gasteiger partial charge is 0.316 e. The molecule has 20 heavy (non-hydrogen) atoms. The van der Waals surface area contributed by atoms with Gasteiger partial charge in [0.1, 0.15) is 0 Å². The van der Waals surface area contributed by atoms with Crippen molar-refractivity contribution in [1.82, 2.24) is 5.32 Å². The fourth-order valence-corrected chi connectivity index (χ4v) is 2.66. The van der Waals surface area contributed by atoms with Gasteiger partial charge in [0.25, 0.3) is 0 Å². The standard InChI is InChI=1S/C19H29N/c1-15(2)14-20-13-5-6-16(3)17-9-11-19(12-10-17)18-7-4-8-18/h6,9-12,15,18,20H,4-5,7-8,13-14H2,1-3H3/b16-6-. The van der Waals surface area contributed by atoms with Crippen molar-refractivity contribution >= 4 is 5.57 Å². The highest BCUT2D eigenvalue weighted by molar-refractivity contribution is 5.63. The summed E-state index contributed by atoms with van der Waals surface area (Å²) in [4.78, 5) is 0. The van der Waals surface area contributed by atoms with E-state index < -0.39 is 0 Å². The van der Waals surface area contributed by atoms with Gasteiger partial charge in [0.2, 0.25) is 0 Å². The first-order valence-electron chi connectivity index (χ1n) is 8.14. The van der Waals surface area contributed by atoms with Crippen molar-refractivity contribution in [3.05, 3.63) is 41.5 Å². The molecule has 0 aliphatic heterocycles. The zero-order valence-electron chi connectivity index (χ0n) is 13.3. The molecule has 0 spiro atoms. The molecule has 1 fully saturated rings. The highest BCUT2D eigenvalue weighted by Crippen LogP contribution is 2.36. The van der Waals surface area contributed by atoms with E-state index in [2.05, 4.69) is 56.4 Å². The van der Waals surface area contributed by atoms with Gasteiger partial charge >= 0.3 is 0 Å². The Morgan fingerprint density at radius 1 is 1.25 bits per heavy atom. The Balaban J connectivity index is 1.80. The predicted octanol–water partition coefficient (Wildman–Crippen LogP) is 4.99. The maximum atomic E-state index is 3.49. The molecule has 0 saturated heterocycles. The molecule has 0 heterocycles. The van der Waals surface area contributed by atoms with Crippen molar-refractivity contribution < 1.29 is 0 Å². The van der Waals surface area contributed by atoms with E-state index in [9.17, 15) is 0 Å². The van der Waals surface area contributed by atoms with E-state index in [1.54, 1.807) is 0 Å². The van der Waals surface area contributed by atoms with Crippen LogP contribution in [0, 0.1) is 5.92 Å². The molecule has 2 rings (SSSR count). The summed E-state index contributed by atoms with van der Waals surface area (Å²) in [7, 11) is 0. The molecule has 1 heteroatoms. The van der Waals surface area contributed by atoms with Gasteiger partial charge in [0, 0.05) is 0 Å². The molecule has 0 radical (unpaired) electrons. The highest BCUT2D eigenvalue weighted by atomic mass is 14.8. The molecule has 1 aromatic carbocycles. The number of hydrogen-bond acceptors (Lipinski definition) is 1. The number of rotatable bonds is 7. The average Bonchev–Trinajstić information content (AvgIpc) is 2.36. The van der Waals surface area contributed by atoms with Crippen LogP contribution in [0.15, 0.2) is 30.3 Å². The summed E-state index contributed by atoms with van der Waals surface area (Å²) in [6.07, 6.45) is 7.65. The molecule has 1 aromatic rings. The summed E-state index contributed by atoms with van der Waals surface area (Å²) in [5, 5.41) is 3.49. The number of nitrogens with one attached hydrogen (secondary N) is 1. The van der Waals surface area contributed by atoms with Gasteiger partial charge in [0.15, 0.2) is 0 Å². The van der Waals surface area contributed by atoms with Crippen LogP contribution in [0.4, 0.5) is 0 Å². The van der Waals surface area contributed by atoms with E-state index in [-0.39, 0.29) is 0 Å². The van der Waals surface area contributed by atoms with Crippen molar-refractivity contribution in [3.63, 3.8) is 0 Å².